The number of fused-ring (bicyclic) bond motifs is 1. The zero-order valence-corrected chi connectivity index (χ0v) is 15.9. The van der Waals surface area contributed by atoms with Gasteiger partial charge in [-0.05, 0) is 42.3 Å². The van der Waals surface area contributed by atoms with E-state index in [0.717, 1.165) is 12.0 Å². The van der Waals surface area contributed by atoms with Crippen LogP contribution in [0.5, 0.6) is 5.75 Å². The summed E-state index contributed by atoms with van der Waals surface area (Å²) in [5, 5.41) is 17.3. The van der Waals surface area contributed by atoms with Gasteiger partial charge in [-0.25, -0.2) is 9.78 Å². The lowest BCUT2D eigenvalue weighted by atomic mass is 10.0. The molecule has 4 rings (SSSR count). The van der Waals surface area contributed by atoms with Crippen LogP contribution in [0.15, 0.2) is 54.6 Å². The number of nitrogens with one attached hydrogen (secondary N) is 1. The molecule has 2 aromatic carbocycles. The Labute approximate surface area is 170 Å². The molecule has 152 valence electrons. The predicted molar refractivity (Wildman–Crippen MR) is 108 cm³/mol. The van der Waals surface area contributed by atoms with Crippen molar-refractivity contribution in [3.05, 3.63) is 65.7 Å². The Morgan fingerprint density at radius 2 is 1.77 bits per heavy atom. The Kier molecular flexibility index (Phi) is 5.14. The largest absolute Gasteiger partial charge is 0.478 e. The monoisotopic (exact) mass is 409 g/mol. The number of rotatable bonds is 6. The Balaban J connectivity index is 1.80. The molecule has 6 nitrogen and oxygen atoms in total. The quantitative estimate of drug-likeness (QED) is 0.460. The highest BCUT2D eigenvalue weighted by molar-refractivity contribution is 6.08. The first kappa shape index (κ1) is 19.5. The summed E-state index contributed by atoms with van der Waals surface area (Å²) in [5.41, 5.74) is 3.77. The van der Waals surface area contributed by atoms with E-state index in [9.17, 15) is 18.7 Å². The maximum absolute atomic E-state index is 12.3. The summed E-state index contributed by atoms with van der Waals surface area (Å²) in [6, 6.07) is 15.1. The normalized spacial score (nSPS) is 11.2. The maximum atomic E-state index is 12.3. The Hall–Kier alpha value is -3.81. The number of hydrogen-bond donors (Lipinski definition) is 2. The molecule has 0 saturated carbocycles. The summed E-state index contributed by atoms with van der Waals surface area (Å²) < 4.78 is 29.0. The van der Waals surface area contributed by atoms with Gasteiger partial charge in [-0.1, -0.05) is 31.2 Å². The lowest BCUT2D eigenvalue weighted by Gasteiger charge is -2.08. The molecule has 4 aromatic rings. The number of alkyl halides is 2. The van der Waals surface area contributed by atoms with Crippen LogP contribution in [0.3, 0.4) is 0 Å². The zero-order chi connectivity index (χ0) is 21.3. The third kappa shape index (κ3) is 3.71. The van der Waals surface area contributed by atoms with Gasteiger partial charge in [-0.2, -0.15) is 13.9 Å². The molecule has 0 fully saturated rings. The van der Waals surface area contributed by atoms with Crippen LogP contribution in [0, 0.1) is 0 Å². The number of aromatic nitrogens is 3. The van der Waals surface area contributed by atoms with Crippen LogP contribution >= 0.6 is 0 Å². The van der Waals surface area contributed by atoms with Gasteiger partial charge in [0.2, 0.25) is 0 Å². The van der Waals surface area contributed by atoms with Crippen molar-refractivity contribution in [2.24, 2.45) is 0 Å². The number of benzene rings is 2. The number of ether oxygens (including phenoxy) is 1. The smallest absolute Gasteiger partial charge is 0.387 e. The number of H-pyrrole nitrogens is 1. The first-order valence-electron chi connectivity index (χ1n) is 9.23. The molecule has 0 aliphatic heterocycles. The van der Waals surface area contributed by atoms with E-state index in [1.165, 1.54) is 35.9 Å². The molecule has 0 spiro atoms. The fourth-order valence-corrected chi connectivity index (χ4v) is 3.26. The second-order valence-corrected chi connectivity index (χ2v) is 6.61. The highest BCUT2D eigenvalue weighted by Crippen LogP contribution is 2.32. The van der Waals surface area contributed by atoms with Gasteiger partial charge in [0.1, 0.15) is 5.75 Å². The van der Waals surface area contributed by atoms with Crippen LogP contribution in [0.1, 0.15) is 22.8 Å². The Morgan fingerprint density at radius 3 is 2.37 bits per heavy atom. The summed E-state index contributed by atoms with van der Waals surface area (Å²) in [5.74, 6) is -1.11. The molecular formula is C22H17F2N3O3. The summed E-state index contributed by atoms with van der Waals surface area (Å²) in [6.07, 6.45) is 0.899. The van der Waals surface area contributed by atoms with Gasteiger partial charge >= 0.3 is 12.6 Å². The molecule has 2 N–H and O–H groups in total. The van der Waals surface area contributed by atoms with Crippen molar-refractivity contribution in [3.8, 4) is 28.3 Å². The number of aromatic amines is 1. The number of carbonyl (C=O) groups is 1. The van der Waals surface area contributed by atoms with E-state index in [-0.39, 0.29) is 17.0 Å². The molecule has 0 radical (unpaired) electrons. The van der Waals surface area contributed by atoms with Crippen LogP contribution in [-0.2, 0) is 6.42 Å². The van der Waals surface area contributed by atoms with Crippen molar-refractivity contribution in [1.82, 2.24) is 15.2 Å². The first-order chi connectivity index (χ1) is 14.5. The van der Waals surface area contributed by atoms with Gasteiger partial charge in [0.15, 0.2) is 5.65 Å². The zero-order valence-electron chi connectivity index (χ0n) is 15.9. The molecule has 0 saturated heterocycles. The summed E-state index contributed by atoms with van der Waals surface area (Å²) in [7, 11) is 0. The van der Waals surface area contributed by atoms with Gasteiger partial charge in [0, 0.05) is 11.1 Å². The lowest BCUT2D eigenvalue weighted by Crippen LogP contribution is -2.02. The second-order valence-electron chi connectivity index (χ2n) is 6.61. The molecule has 30 heavy (non-hydrogen) atoms. The highest BCUT2D eigenvalue weighted by atomic mass is 19.3. The van der Waals surface area contributed by atoms with Crippen LogP contribution in [0.25, 0.3) is 33.5 Å². The number of aryl methyl sites for hydroxylation is 1. The van der Waals surface area contributed by atoms with Crippen LogP contribution in [-0.4, -0.2) is 32.9 Å². The summed E-state index contributed by atoms with van der Waals surface area (Å²) in [6.45, 7) is -0.862. The van der Waals surface area contributed by atoms with Crippen molar-refractivity contribution in [2.45, 2.75) is 20.0 Å². The van der Waals surface area contributed by atoms with E-state index in [4.69, 9.17) is 0 Å². The fourth-order valence-electron chi connectivity index (χ4n) is 3.26. The van der Waals surface area contributed by atoms with Crippen molar-refractivity contribution in [1.29, 1.82) is 0 Å². The average molecular weight is 409 g/mol. The minimum atomic E-state index is -2.92. The van der Waals surface area contributed by atoms with E-state index in [2.05, 4.69) is 26.8 Å². The number of nitrogens with zero attached hydrogens (tertiary/aromatic N) is 2. The van der Waals surface area contributed by atoms with E-state index < -0.39 is 12.6 Å². The molecular weight excluding hydrogens is 392 g/mol. The van der Waals surface area contributed by atoms with E-state index in [0.29, 0.717) is 22.3 Å². The molecule has 8 heteroatoms. The third-order valence-corrected chi connectivity index (χ3v) is 4.78. The highest BCUT2D eigenvalue weighted by Gasteiger charge is 2.20. The predicted octanol–water partition coefficient (Wildman–Crippen LogP) is 5.15. The van der Waals surface area contributed by atoms with Crippen molar-refractivity contribution in [2.75, 3.05) is 0 Å². The second kappa shape index (κ2) is 7.90. The first-order valence-corrected chi connectivity index (χ1v) is 9.23. The molecule has 0 aliphatic rings. The van der Waals surface area contributed by atoms with Gasteiger partial charge in [-0.3, -0.25) is 5.10 Å². The van der Waals surface area contributed by atoms with E-state index in [1.807, 2.05) is 24.3 Å². The van der Waals surface area contributed by atoms with Crippen molar-refractivity contribution < 1.29 is 23.4 Å². The number of halogens is 2. The van der Waals surface area contributed by atoms with E-state index in [1.54, 1.807) is 0 Å². The molecule has 0 atom stereocenters. The molecule has 0 unspecified atom stereocenters. The number of hydrogen-bond acceptors (Lipinski definition) is 4. The number of pyridine rings is 1. The average Bonchev–Trinajstić information content (AvgIpc) is 3.17. The third-order valence-electron chi connectivity index (χ3n) is 4.78. The topological polar surface area (TPSA) is 88.1 Å². The molecule has 0 aliphatic carbocycles. The van der Waals surface area contributed by atoms with Crippen LogP contribution in [0.2, 0.25) is 0 Å². The molecule has 0 amide bonds. The maximum Gasteiger partial charge on any atom is 0.387 e. The Bertz CT molecular complexity index is 1200. The van der Waals surface area contributed by atoms with Crippen LogP contribution in [0.4, 0.5) is 8.78 Å². The van der Waals surface area contributed by atoms with Gasteiger partial charge in [-0.15, -0.1) is 0 Å². The number of aromatic carboxylic acids is 1. The van der Waals surface area contributed by atoms with Crippen molar-refractivity contribution in [3.63, 3.8) is 0 Å². The minimum Gasteiger partial charge on any atom is -0.478 e. The van der Waals surface area contributed by atoms with Gasteiger partial charge < -0.3 is 9.84 Å². The van der Waals surface area contributed by atoms with Gasteiger partial charge in [0.05, 0.1) is 22.3 Å². The molecule has 0 bridgehead atoms. The minimum absolute atomic E-state index is 0.00543. The molecule has 2 heterocycles. The van der Waals surface area contributed by atoms with E-state index >= 15 is 0 Å². The van der Waals surface area contributed by atoms with Crippen molar-refractivity contribution >= 4 is 17.0 Å². The van der Waals surface area contributed by atoms with Gasteiger partial charge in [0.25, 0.3) is 0 Å². The summed E-state index contributed by atoms with van der Waals surface area (Å²) >= 11 is 0. The standard InChI is InChI=1S/C22H17F2N3O3/c1-2-12-3-5-14(6-4-12)19-18-16(21(28)29)11-17(25-20(18)27-26-19)13-7-9-15(10-8-13)30-22(23)24/h3-11,22H,2H2,1H3,(H,28,29)(H,25,26,27). The summed E-state index contributed by atoms with van der Waals surface area (Å²) in [4.78, 5) is 16.4. The SMILES string of the molecule is CCc1ccc(-c2[nH]nc3nc(-c4ccc(OC(F)F)cc4)cc(C(=O)O)c23)cc1. The van der Waals surface area contributed by atoms with Crippen LogP contribution < -0.4 is 4.74 Å². The fraction of sp³-hybridized carbons (Fsp3) is 0.136. The number of carboxylic acid groups (broad SMARTS) is 1. The lowest BCUT2D eigenvalue weighted by molar-refractivity contribution is -0.0498. The Morgan fingerprint density at radius 1 is 1.10 bits per heavy atom. The number of carboxylic acids is 1. The molecule has 2 aromatic heterocycles.